The highest BCUT2D eigenvalue weighted by Gasteiger charge is 2.18. The summed E-state index contributed by atoms with van der Waals surface area (Å²) in [4.78, 5) is 24.9. The maximum Gasteiger partial charge on any atom is 0.426 e. The standard InChI is InChI=1S/C14H19N3O3/c1-2-20-14(19)16-15-13(18)10-17-9-5-7-11-6-3-4-8-12(11)17/h3-4,6,8H,2,5,7,9-10H2,1H3,(H,15,18)(H,16,19). The number of carbonyl (C=O) groups is 2. The third-order valence-corrected chi connectivity index (χ3v) is 3.12. The van der Waals surface area contributed by atoms with E-state index < -0.39 is 6.09 Å². The quantitative estimate of drug-likeness (QED) is 0.815. The van der Waals surface area contributed by atoms with E-state index in [0.717, 1.165) is 25.1 Å². The van der Waals surface area contributed by atoms with Gasteiger partial charge < -0.3 is 9.64 Å². The molecule has 0 aliphatic carbocycles. The van der Waals surface area contributed by atoms with E-state index in [1.807, 2.05) is 23.1 Å². The highest BCUT2D eigenvalue weighted by molar-refractivity contribution is 5.83. The van der Waals surface area contributed by atoms with Crippen LogP contribution in [0, 0.1) is 0 Å². The molecule has 0 aromatic heterocycles. The predicted molar refractivity (Wildman–Crippen MR) is 75.3 cm³/mol. The topological polar surface area (TPSA) is 70.7 Å². The molecule has 1 heterocycles. The molecule has 6 heteroatoms. The van der Waals surface area contributed by atoms with E-state index in [0.29, 0.717) is 0 Å². The lowest BCUT2D eigenvalue weighted by atomic mass is 10.0. The number of amides is 2. The van der Waals surface area contributed by atoms with Crippen LogP contribution in [0.25, 0.3) is 0 Å². The lowest BCUT2D eigenvalue weighted by molar-refractivity contribution is -0.120. The first-order valence-corrected chi connectivity index (χ1v) is 6.75. The van der Waals surface area contributed by atoms with Crippen LogP contribution in [0.4, 0.5) is 10.5 Å². The number of fused-ring (bicyclic) bond motifs is 1. The van der Waals surface area contributed by atoms with Gasteiger partial charge in [-0.05, 0) is 31.4 Å². The van der Waals surface area contributed by atoms with Gasteiger partial charge in [-0.15, -0.1) is 0 Å². The van der Waals surface area contributed by atoms with E-state index >= 15 is 0 Å². The lowest BCUT2D eigenvalue weighted by Crippen LogP contribution is -2.47. The van der Waals surface area contributed by atoms with Gasteiger partial charge in [-0.2, -0.15) is 0 Å². The summed E-state index contributed by atoms with van der Waals surface area (Å²) in [6, 6.07) is 8.06. The first-order chi connectivity index (χ1) is 9.70. The van der Waals surface area contributed by atoms with E-state index in [9.17, 15) is 9.59 Å². The maximum absolute atomic E-state index is 11.8. The van der Waals surface area contributed by atoms with E-state index in [4.69, 9.17) is 0 Å². The summed E-state index contributed by atoms with van der Waals surface area (Å²) in [6.45, 7) is 3.01. The van der Waals surface area contributed by atoms with Gasteiger partial charge in [-0.3, -0.25) is 10.2 Å². The van der Waals surface area contributed by atoms with Gasteiger partial charge in [0, 0.05) is 12.2 Å². The smallest absolute Gasteiger partial charge is 0.426 e. The Hall–Kier alpha value is -2.24. The van der Waals surface area contributed by atoms with Gasteiger partial charge in [0.1, 0.15) is 0 Å². The van der Waals surface area contributed by atoms with Crippen LogP contribution in [0.15, 0.2) is 24.3 Å². The second-order valence-corrected chi connectivity index (χ2v) is 4.55. The average Bonchev–Trinajstić information content (AvgIpc) is 2.46. The molecule has 0 fully saturated rings. The van der Waals surface area contributed by atoms with Crippen LogP contribution >= 0.6 is 0 Å². The fraction of sp³-hybridized carbons (Fsp3) is 0.429. The molecule has 20 heavy (non-hydrogen) atoms. The molecule has 0 bridgehead atoms. The number of hydrogen-bond donors (Lipinski definition) is 2. The van der Waals surface area contributed by atoms with Gasteiger partial charge in [0.05, 0.1) is 13.2 Å². The fourth-order valence-electron chi connectivity index (χ4n) is 2.28. The maximum atomic E-state index is 11.8. The third kappa shape index (κ3) is 3.63. The number of benzene rings is 1. The van der Waals surface area contributed by atoms with Crippen LogP contribution in [0.5, 0.6) is 0 Å². The van der Waals surface area contributed by atoms with Gasteiger partial charge in [0.15, 0.2) is 0 Å². The summed E-state index contributed by atoms with van der Waals surface area (Å²) in [7, 11) is 0. The molecule has 1 aliphatic heterocycles. The Balaban J connectivity index is 1.88. The molecule has 0 saturated heterocycles. The Labute approximate surface area is 118 Å². The van der Waals surface area contributed by atoms with Crippen LogP contribution in [-0.4, -0.2) is 31.7 Å². The van der Waals surface area contributed by atoms with Crippen molar-refractivity contribution in [1.82, 2.24) is 10.9 Å². The number of ether oxygens (including phenoxy) is 1. The summed E-state index contributed by atoms with van der Waals surface area (Å²) in [5, 5.41) is 0. The molecule has 1 aromatic rings. The summed E-state index contributed by atoms with van der Waals surface area (Å²) < 4.78 is 4.66. The minimum atomic E-state index is -0.653. The van der Waals surface area contributed by atoms with Crippen molar-refractivity contribution >= 4 is 17.7 Å². The van der Waals surface area contributed by atoms with Gasteiger partial charge >= 0.3 is 6.09 Å². The number of carbonyl (C=O) groups excluding carboxylic acids is 2. The first-order valence-electron chi connectivity index (χ1n) is 6.75. The number of rotatable bonds is 3. The van der Waals surface area contributed by atoms with Crippen molar-refractivity contribution in [2.24, 2.45) is 0 Å². The number of hydrogen-bond acceptors (Lipinski definition) is 4. The number of para-hydroxylation sites is 1. The monoisotopic (exact) mass is 277 g/mol. The number of aryl methyl sites for hydroxylation is 1. The molecule has 0 spiro atoms. The van der Waals surface area contributed by atoms with Crippen molar-refractivity contribution in [3.63, 3.8) is 0 Å². The molecule has 6 nitrogen and oxygen atoms in total. The van der Waals surface area contributed by atoms with Crippen molar-refractivity contribution in [2.75, 3.05) is 24.6 Å². The molecule has 2 N–H and O–H groups in total. The van der Waals surface area contributed by atoms with Gasteiger partial charge in [-0.25, -0.2) is 10.2 Å². The van der Waals surface area contributed by atoms with E-state index in [1.54, 1.807) is 6.92 Å². The van der Waals surface area contributed by atoms with Gasteiger partial charge in [0.2, 0.25) is 0 Å². The van der Waals surface area contributed by atoms with Crippen LogP contribution in [0.3, 0.4) is 0 Å². The molecular weight excluding hydrogens is 258 g/mol. The Morgan fingerprint density at radius 3 is 2.90 bits per heavy atom. The number of anilines is 1. The molecule has 1 aliphatic rings. The summed E-state index contributed by atoms with van der Waals surface area (Å²) >= 11 is 0. The van der Waals surface area contributed by atoms with Crippen molar-refractivity contribution in [2.45, 2.75) is 19.8 Å². The zero-order chi connectivity index (χ0) is 14.4. The number of nitrogens with zero attached hydrogens (tertiary/aromatic N) is 1. The first kappa shape index (κ1) is 14.2. The molecule has 0 radical (unpaired) electrons. The summed E-state index contributed by atoms with van der Waals surface area (Å²) in [5.41, 5.74) is 6.89. The third-order valence-electron chi connectivity index (χ3n) is 3.12. The van der Waals surface area contributed by atoms with E-state index in [1.165, 1.54) is 5.56 Å². The minimum Gasteiger partial charge on any atom is -0.449 e. The van der Waals surface area contributed by atoms with Crippen molar-refractivity contribution in [3.8, 4) is 0 Å². The largest absolute Gasteiger partial charge is 0.449 e. The lowest BCUT2D eigenvalue weighted by Gasteiger charge is -2.30. The zero-order valence-corrected chi connectivity index (χ0v) is 11.5. The van der Waals surface area contributed by atoms with E-state index in [-0.39, 0.29) is 19.1 Å². The Morgan fingerprint density at radius 1 is 1.30 bits per heavy atom. The molecule has 2 rings (SSSR count). The fourth-order valence-corrected chi connectivity index (χ4v) is 2.28. The molecular formula is C14H19N3O3. The van der Waals surface area contributed by atoms with E-state index in [2.05, 4.69) is 21.7 Å². The zero-order valence-electron chi connectivity index (χ0n) is 11.5. The van der Waals surface area contributed by atoms with Crippen LogP contribution in [0.2, 0.25) is 0 Å². The normalized spacial score (nSPS) is 13.3. The highest BCUT2D eigenvalue weighted by Crippen LogP contribution is 2.25. The van der Waals surface area contributed by atoms with Crippen molar-refractivity contribution in [1.29, 1.82) is 0 Å². The van der Waals surface area contributed by atoms with Crippen molar-refractivity contribution in [3.05, 3.63) is 29.8 Å². The average molecular weight is 277 g/mol. The van der Waals surface area contributed by atoms with Crippen LogP contribution in [-0.2, 0) is 16.0 Å². The Kier molecular flexibility index (Phi) is 4.81. The number of hydrazine groups is 1. The second-order valence-electron chi connectivity index (χ2n) is 4.55. The molecule has 1 aromatic carbocycles. The Bertz CT molecular complexity index is 490. The molecule has 0 saturated carbocycles. The van der Waals surface area contributed by atoms with Gasteiger partial charge in [-0.1, -0.05) is 18.2 Å². The molecule has 0 unspecified atom stereocenters. The van der Waals surface area contributed by atoms with Gasteiger partial charge in [0.25, 0.3) is 5.91 Å². The Morgan fingerprint density at radius 2 is 2.10 bits per heavy atom. The number of nitrogens with one attached hydrogen (secondary N) is 2. The van der Waals surface area contributed by atoms with Crippen LogP contribution < -0.4 is 15.8 Å². The molecule has 0 atom stereocenters. The minimum absolute atomic E-state index is 0.212. The highest BCUT2D eigenvalue weighted by atomic mass is 16.5. The summed E-state index contributed by atoms with van der Waals surface area (Å²) in [6.07, 6.45) is 1.41. The van der Waals surface area contributed by atoms with Crippen molar-refractivity contribution < 1.29 is 14.3 Å². The summed E-state index contributed by atoms with van der Waals surface area (Å²) in [5.74, 6) is -0.269. The molecule has 108 valence electrons. The van der Waals surface area contributed by atoms with Crippen LogP contribution in [0.1, 0.15) is 18.9 Å². The SMILES string of the molecule is CCOC(=O)NNC(=O)CN1CCCc2ccccc21. The predicted octanol–water partition coefficient (Wildman–Crippen LogP) is 1.22. The molecule has 2 amide bonds. The second kappa shape index (κ2) is 6.79.